The van der Waals surface area contributed by atoms with Gasteiger partial charge in [-0.25, -0.2) is 4.98 Å². The molecule has 0 spiro atoms. The van der Waals surface area contributed by atoms with Crippen LogP contribution in [-0.4, -0.2) is 28.8 Å². The van der Waals surface area contributed by atoms with Crippen molar-refractivity contribution in [3.05, 3.63) is 23.8 Å². The van der Waals surface area contributed by atoms with E-state index < -0.39 is 0 Å². The van der Waals surface area contributed by atoms with Crippen LogP contribution in [0.15, 0.2) is 23.4 Å². The topological polar surface area (TPSA) is 40.7 Å². The average molecular weight is 277 g/mol. The van der Waals surface area contributed by atoms with E-state index in [0.29, 0.717) is 6.04 Å². The smallest absolute Gasteiger partial charge is 0.166 e. The van der Waals surface area contributed by atoms with E-state index in [0.717, 1.165) is 21.9 Å². The Morgan fingerprint density at radius 1 is 1.37 bits per heavy atom. The first-order chi connectivity index (χ1) is 8.90. The molecule has 3 nitrogen and oxygen atoms in total. The van der Waals surface area contributed by atoms with Crippen molar-refractivity contribution in [3.63, 3.8) is 0 Å². The van der Waals surface area contributed by atoms with Gasteiger partial charge in [0.2, 0.25) is 0 Å². The number of hydrogen-bond donors (Lipinski definition) is 2. The minimum atomic E-state index is 0.254. The quantitative estimate of drug-likeness (QED) is 0.839. The minimum absolute atomic E-state index is 0.254. The molecule has 0 bridgehead atoms. The number of aromatic amines is 1. The van der Waals surface area contributed by atoms with E-state index in [1.165, 1.54) is 5.56 Å². The number of fused-ring (bicyclic) bond motifs is 1. The van der Waals surface area contributed by atoms with Crippen molar-refractivity contribution in [2.45, 2.75) is 38.9 Å². The lowest BCUT2D eigenvalue weighted by Crippen LogP contribution is -2.40. The Labute approximate surface area is 119 Å². The second kappa shape index (κ2) is 5.55. The van der Waals surface area contributed by atoms with Crippen LogP contribution in [0.3, 0.4) is 0 Å². The number of H-pyrrole nitrogens is 1. The van der Waals surface area contributed by atoms with Crippen LogP contribution in [0, 0.1) is 12.3 Å². The molecule has 0 radical (unpaired) electrons. The zero-order chi connectivity index (χ0) is 14.0. The standard InChI is InChI=1S/C15H23N3S/c1-10-6-7-11-12(8-10)18-14(17-11)19-9-13(16-5)15(2,3)4/h6-8,13,16H,9H2,1-5H3,(H,17,18). The van der Waals surface area contributed by atoms with Gasteiger partial charge in [-0.15, -0.1) is 0 Å². The first kappa shape index (κ1) is 14.4. The second-order valence-corrected chi connectivity index (χ2v) is 7.09. The molecule has 2 N–H and O–H groups in total. The molecule has 0 aliphatic rings. The molecule has 2 aromatic rings. The number of thioether (sulfide) groups is 1. The molecule has 1 unspecified atom stereocenters. The highest BCUT2D eigenvalue weighted by Gasteiger charge is 2.23. The molecule has 1 heterocycles. The molecule has 1 aromatic carbocycles. The van der Waals surface area contributed by atoms with Crippen LogP contribution >= 0.6 is 11.8 Å². The lowest BCUT2D eigenvalue weighted by atomic mass is 9.88. The fraction of sp³-hybridized carbons (Fsp3) is 0.533. The summed E-state index contributed by atoms with van der Waals surface area (Å²) in [7, 11) is 2.03. The van der Waals surface area contributed by atoms with Crippen LogP contribution in [-0.2, 0) is 0 Å². The van der Waals surface area contributed by atoms with Gasteiger partial charge in [0.05, 0.1) is 11.0 Å². The van der Waals surface area contributed by atoms with E-state index in [2.05, 4.69) is 61.2 Å². The molecule has 0 amide bonds. The van der Waals surface area contributed by atoms with E-state index in [4.69, 9.17) is 0 Å². The van der Waals surface area contributed by atoms with Crippen molar-refractivity contribution in [1.82, 2.24) is 15.3 Å². The Hall–Kier alpha value is -1.00. The fourth-order valence-electron chi connectivity index (χ4n) is 2.10. The maximum atomic E-state index is 4.62. The predicted octanol–water partition coefficient (Wildman–Crippen LogP) is 3.60. The van der Waals surface area contributed by atoms with Crippen molar-refractivity contribution in [2.24, 2.45) is 5.41 Å². The van der Waals surface area contributed by atoms with Crippen LogP contribution in [0.5, 0.6) is 0 Å². The number of benzene rings is 1. The summed E-state index contributed by atoms with van der Waals surface area (Å²) in [5.74, 6) is 1.01. The number of nitrogens with zero attached hydrogens (tertiary/aromatic N) is 1. The highest BCUT2D eigenvalue weighted by molar-refractivity contribution is 7.99. The van der Waals surface area contributed by atoms with Gasteiger partial charge in [-0.1, -0.05) is 38.6 Å². The lowest BCUT2D eigenvalue weighted by Gasteiger charge is -2.29. The molecule has 0 aliphatic heterocycles. The summed E-state index contributed by atoms with van der Waals surface area (Å²) in [5.41, 5.74) is 3.68. The lowest BCUT2D eigenvalue weighted by molar-refractivity contribution is 0.305. The highest BCUT2D eigenvalue weighted by Crippen LogP contribution is 2.26. The maximum absolute atomic E-state index is 4.62. The Kier molecular flexibility index (Phi) is 4.21. The molecule has 4 heteroatoms. The van der Waals surface area contributed by atoms with Crippen LogP contribution in [0.2, 0.25) is 0 Å². The third-order valence-electron chi connectivity index (χ3n) is 3.40. The van der Waals surface area contributed by atoms with Gasteiger partial charge in [-0.2, -0.15) is 0 Å². The minimum Gasteiger partial charge on any atom is -0.333 e. The van der Waals surface area contributed by atoms with Gasteiger partial charge in [0.15, 0.2) is 5.16 Å². The van der Waals surface area contributed by atoms with Crippen molar-refractivity contribution >= 4 is 22.8 Å². The second-order valence-electron chi connectivity index (χ2n) is 6.08. The molecule has 19 heavy (non-hydrogen) atoms. The van der Waals surface area contributed by atoms with Crippen molar-refractivity contribution < 1.29 is 0 Å². The Morgan fingerprint density at radius 2 is 2.11 bits per heavy atom. The summed E-state index contributed by atoms with van der Waals surface area (Å²) in [5, 5.41) is 4.40. The first-order valence-corrected chi connectivity index (χ1v) is 7.65. The number of hydrogen-bond acceptors (Lipinski definition) is 3. The molecule has 0 saturated heterocycles. The van der Waals surface area contributed by atoms with Crippen LogP contribution < -0.4 is 5.32 Å². The van der Waals surface area contributed by atoms with Gasteiger partial charge in [0.1, 0.15) is 0 Å². The van der Waals surface area contributed by atoms with Crippen LogP contribution in [0.25, 0.3) is 11.0 Å². The van der Waals surface area contributed by atoms with Crippen molar-refractivity contribution in [2.75, 3.05) is 12.8 Å². The number of aromatic nitrogens is 2. The summed E-state index contributed by atoms with van der Waals surface area (Å²) in [6.45, 7) is 8.88. The largest absolute Gasteiger partial charge is 0.333 e. The zero-order valence-corrected chi connectivity index (χ0v) is 13.2. The average Bonchev–Trinajstić information content (AvgIpc) is 2.69. The molecule has 0 aliphatic carbocycles. The van der Waals surface area contributed by atoms with Gasteiger partial charge < -0.3 is 10.3 Å². The van der Waals surface area contributed by atoms with Crippen molar-refractivity contribution in [1.29, 1.82) is 0 Å². The van der Waals surface area contributed by atoms with Gasteiger partial charge in [0, 0.05) is 11.8 Å². The van der Waals surface area contributed by atoms with Crippen LogP contribution in [0.4, 0.5) is 0 Å². The Bertz CT molecular complexity index is 554. The van der Waals surface area contributed by atoms with E-state index in [9.17, 15) is 0 Å². The zero-order valence-electron chi connectivity index (χ0n) is 12.4. The summed E-state index contributed by atoms with van der Waals surface area (Å²) >= 11 is 1.78. The third-order valence-corrected chi connectivity index (χ3v) is 4.36. The van der Waals surface area contributed by atoms with Gasteiger partial charge >= 0.3 is 0 Å². The molecule has 1 atom stereocenters. The van der Waals surface area contributed by atoms with Crippen molar-refractivity contribution in [3.8, 4) is 0 Å². The van der Waals surface area contributed by atoms with Gasteiger partial charge in [-0.3, -0.25) is 0 Å². The molecular formula is C15H23N3S. The molecular weight excluding hydrogens is 254 g/mol. The normalized spacial score (nSPS) is 13.9. The number of imidazole rings is 1. The van der Waals surface area contributed by atoms with Gasteiger partial charge in [0.25, 0.3) is 0 Å². The third kappa shape index (κ3) is 3.51. The summed E-state index contributed by atoms with van der Waals surface area (Å²) in [6.07, 6.45) is 0. The SMILES string of the molecule is CNC(CSc1nc2ccc(C)cc2[nH]1)C(C)(C)C. The van der Waals surface area contributed by atoms with E-state index in [-0.39, 0.29) is 5.41 Å². The van der Waals surface area contributed by atoms with E-state index in [1.54, 1.807) is 11.8 Å². The summed E-state index contributed by atoms with van der Waals surface area (Å²) in [4.78, 5) is 8.01. The van der Waals surface area contributed by atoms with E-state index in [1.807, 2.05) is 7.05 Å². The Balaban J connectivity index is 2.09. The molecule has 104 valence electrons. The molecule has 0 fully saturated rings. The summed E-state index contributed by atoms with van der Waals surface area (Å²) in [6, 6.07) is 6.78. The number of rotatable bonds is 4. The molecule has 1 aromatic heterocycles. The van der Waals surface area contributed by atoms with Crippen LogP contribution in [0.1, 0.15) is 26.3 Å². The molecule has 0 saturated carbocycles. The number of nitrogens with one attached hydrogen (secondary N) is 2. The maximum Gasteiger partial charge on any atom is 0.166 e. The first-order valence-electron chi connectivity index (χ1n) is 6.66. The highest BCUT2D eigenvalue weighted by atomic mass is 32.2. The summed E-state index contributed by atoms with van der Waals surface area (Å²) < 4.78 is 0. The predicted molar refractivity (Wildman–Crippen MR) is 83.9 cm³/mol. The number of aryl methyl sites for hydroxylation is 1. The Morgan fingerprint density at radius 3 is 2.74 bits per heavy atom. The monoisotopic (exact) mass is 277 g/mol. The van der Waals surface area contributed by atoms with Gasteiger partial charge in [-0.05, 0) is 37.1 Å². The fourth-order valence-corrected chi connectivity index (χ4v) is 3.43. The molecule has 2 rings (SSSR count). The van der Waals surface area contributed by atoms with E-state index >= 15 is 0 Å².